The van der Waals surface area contributed by atoms with Crippen LogP contribution in [-0.4, -0.2) is 14.9 Å². The lowest BCUT2D eigenvalue weighted by Crippen LogP contribution is -2.04. The number of halogens is 3. The van der Waals surface area contributed by atoms with Crippen LogP contribution in [0.2, 0.25) is 10.0 Å². The number of nitrogen functional groups attached to an aromatic ring is 1. The summed E-state index contributed by atoms with van der Waals surface area (Å²) in [5, 5.41) is 11.5. The van der Waals surface area contributed by atoms with E-state index in [2.05, 4.69) is 9.97 Å². The highest BCUT2D eigenvalue weighted by Gasteiger charge is 2.24. The van der Waals surface area contributed by atoms with Crippen molar-refractivity contribution in [3.63, 3.8) is 0 Å². The molecule has 0 bridgehead atoms. The third-order valence-corrected chi connectivity index (χ3v) is 4.14. The lowest BCUT2D eigenvalue weighted by Gasteiger charge is -2.14. The van der Waals surface area contributed by atoms with E-state index in [-0.39, 0.29) is 34.3 Å². The predicted octanol–water partition coefficient (Wildman–Crippen LogP) is 4.80. The van der Waals surface area contributed by atoms with Crippen molar-refractivity contribution >= 4 is 34.6 Å². The maximum absolute atomic E-state index is 13.1. The van der Waals surface area contributed by atoms with Gasteiger partial charge < -0.3 is 10.5 Å². The number of ether oxygens (including phenoxy) is 1. The zero-order valence-corrected chi connectivity index (χ0v) is 15.0. The number of nitrogens with two attached hydrogens (primary N) is 1. The van der Waals surface area contributed by atoms with Crippen molar-refractivity contribution in [1.29, 1.82) is 0 Å². The topological polar surface area (TPSA) is 104 Å². The molecule has 3 rings (SSSR count). The first-order valence-corrected chi connectivity index (χ1v) is 8.26. The molecule has 0 saturated carbocycles. The summed E-state index contributed by atoms with van der Waals surface area (Å²) in [6, 6.07) is 6.45. The van der Waals surface area contributed by atoms with Crippen LogP contribution < -0.4 is 10.5 Å². The van der Waals surface area contributed by atoms with Gasteiger partial charge in [0.25, 0.3) is 5.69 Å². The summed E-state index contributed by atoms with van der Waals surface area (Å²) < 4.78 is 18.8. The second-order valence-corrected chi connectivity index (χ2v) is 6.23. The summed E-state index contributed by atoms with van der Waals surface area (Å²) in [7, 11) is 0. The average Bonchev–Trinajstić information content (AvgIpc) is 2.64. The minimum Gasteiger partial charge on any atom is -0.455 e. The van der Waals surface area contributed by atoms with Crippen LogP contribution in [0.4, 0.5) is 15.8 Å². The van der Waals surface area contributed by atoms with Crippen LogP contribution >= 0.6 is 23.2 Å². The number of nitro groups is 1. The Kier molecular flexibility index (Phi) is 5.38. The molecule has 0 unspecified atom stereocenters. The molecule has 0 amide bonds. The lowest BCUT2D eigenvalue weighted by atomic mass is 10.1. The van der Waals surface area contributed by atoms with E-state index < -0.39 is 10.7 Å². The van der Waals surface area contributed by atoms with Crippen molar-refractivity contribution in [2.24, 2.45) is 0 Å². The molecule has 3 aromatic rings. The van der Waals surface area contributed by atoms with Crippen LogP contribution in [-0.2, 0) is 6.42 Å². The van der Waals surface area contributed by atoms with Gasteiger partial charge in [0.15, 0.2) is 5.75 Å². The number of hydrogen-bond donors (Lipinski definition) is 1. The molecule has 1 aromatic heterocycles. The van der Waals surface area contributed by atoms with Gasteiger partial charge in [-0.2, -0.15) is 0 Å². The normalized spacial score (nSPS) is 10.6. The van der Waals surface area contributed by atoms with Gasteiger partial charge in [0.05, 0.1) is 9.95 Å². The molecule has 0 saturated heterocycles. The smallest absolute Gasteiger partial charge is 0.294 e. The molecular weight excluding hydrogens is 398 g/mol. The SMILES string of the molecule is Nc1c([N+](=O)[O-])cc(Cc2ncc(Cl)cn2)c(Oc2ccc(F)cc2)c1Cl. The number of nitro benzene ring substituents is 1. The molecular formula is C17H11Cl2FN4O3. The number of anilines is 1. The van der Waals surface area contributed by atoms with Gasteiger partial charge >= 0.3 is 0 Å². The molecule has 0 aliphatic carbocycles. The maximum atomic E-state index is 13.1. The van der Waals surface area contributed by atoms with E-state index in [4.69, 9.17) is 33.7 Å². The van der Waals surface area contributed by atoms with Gasteiger partial charge in [-0.1, -0.05) is 23.2 Å². The van der Waals surface area contributed by atoms with Crippen molar-refractivity contribution in [3.8, 4) is 11.5 Å². The van der Waals surface area contributed by atoms with Gasteiger partial charge in [0, 0.05) is 30.4 Å². The van der Waals surface area contributed by atoms with Crippen LogP contribution in [0.1, 0.15) is 11.4 Å². The molecule has 138 valence electrons. The van der Waals surface area contributed by atoms with E-state index >= 15 is 0 Å². The Balaban J connectivity index is 2.08. The van der Waals surface area contributed by atoms with E-state index in [1.807, 2.05) is 0 Å². The van der Waals surface area contributed by atoms with E-state index in [0.717, 1.165) is 0 Å². The summed E-state index contributed by atoms with van der Waals surface area (Å²) in [6.07, 6.45) is 2.88. The Labute approximate surface area is 162 Å². The van der Waals surface area contributed by atoms with Crippen molar-refractivity contribution in [2.75, 3.05) is 5.73 Å². The summed E-state index contributed by atoms with van der Waals surface area (Å²) in [5.41, 5.74) is 5.52. The number of benzene rings is 2. The Morgan fingerprint density at radius 3 is 2.41 bits per heavy atom. The fraction of sp³-hybridized carbons (Fsp3) is 0.0588. The zero-order chi connectivity index (χ0) is 19.6. The van der Waals surface area contributed by atoms with E-state index in [1.165, 1.54) is 42.7 Å². The second-order valence-electron chi connectivity index (χ2n) is 5.42. The standard InChI is InChI=1S/C17H11Cl2FN4O3/c18-10-7-22-14(23-8-10)6-9-5-13(24(25)26)16(21)15(19)17(9)27-12-3-1-11(20)2-4-12/h1-5,7-8H,6,21H2. The van der Waals surface area contributed by atoms with Gasteiger partial charge in [0.2, 0.25) is 0 Å². The van der Waals surface area contributed by atoms with Gasteiger partial charge in [-0.05, 0) is 24.3 Å². The van der Waals surface area contributed by atoms with Gasteiger partial charge in [-0.15, -0.1) is 0 Å². The van der Waals surface area contributed by atoms with Crippen LogP contribution in [0.5, 0.6) is 11.5 Å². The molecule has 10 heteroatoms. The first-order chi connectivity index (χ1) is 12.8. The molecule has 0 radical (unpaired) electrons. The summed E-state index contributed by atoms with van der Waals surface area (Å²) in [6.45, 7) is 0. The van der Waals surface area contributed by atoms with Crippen molar-refractivity contribution in [2.45, 2.75) is 6.42 Å². The molecule has 1 heterocycles. The summed E-state index contributed by atoms with van der Waals surface area (Å²) in [4.78, 5) is 18.8. The van der Waals surface area contributed by atoms with E-state index in [1.54, 1.807) is 0 Å². The largest absolute Gasteiger partial charge is 0.455 e. The monoisotopic (exact) mass is 408 g/mol. The van der Waals surface area contributed by atoms with Crippen LogP contribution in [0, 0.1) is 15.9 Å². The lowest BCUT2D eigenvalue weighted by molar-refractivity contribution is -0.384. The predicted molar refractivity (Wildman–Crippen MR) is 98.8 cm³/mol. The zero-order valence-electron chi connectivity index (χ0n) is 13.5. The molecule has 0 atom stereocenters. The number of hydrogen-bond acceptors (Lipinski definition) is 6. The maximum Gasteiger partial charge on any atom is 0.294 e. The molecule has 0 aliphatic heterocycles. The number of aromatic nitrogens is 2. The Bertz CT molecular complexity index is 999. The van der Waals surface area contributed by atoms with E-state index in [0.29, 0.717) is 16.4 Å². The van der Waals surface area contributed by atoms with Gasteiger partial charge in [0.1, 0.15) is 28.1 Å². The van der Waals surface area contributed by atoms with Gasteiger partial charge in [-0.25, -0.2) is 14.4 Å². The Morgan fingerprint density at radius 1 is 1.19 bits per heavy atom. The third kappa shape index (κ3) is 4.24. The highest BCUT2D eigenvalue weighted by molar-refractivity contribution is 6.35. The van der Waals surface area contributed by atoms with Crippen LogP contribution in [0.3, 0.4) is 0 Å². The molecule has 0 aliphatic rings. The first-order valence-electron chi connectivity index (χ1n) is 7.50. The molecule has 0 spiro atoms. The van der Waals surface area contributed by atoms with Crippen LogP contribution in [0.25, 0.3) is 0 Å². The first kappa shape index (κ1) is 18.8. The van der Waals surface area contributed by atoms with Crippen molar-refractivity contribution in [1.82, 2.24) is 9.97 Å². The molecule has 2 aromatic carbocycles. The Hall–Kier alpha value is -2.97. The molecule has 27 heavy (non-hydrogen) atoms. The molecule has 2 N–H and O–H groups in total. The highest BCUT2D eigenvalue weighted by atomic mass is 35.5. The second kappa shape index (κ2) is 7.73. The quantitative estimate of drug-likeness (QED) is 0.369. The van der Waals surface area contributed by atoms with E-state index in [9.17, 15) is 14.5 Å². The number of nitrogens with zero attached hydrogens (tertiary/aromatic N) is 3. The summed E-state index contributed by atoms with van der Waals surface area (Å²) in [5.74, 6) is 0.291. The average molecular weight is 409 g/mol. The molecule has 0 fully saturated rings. The Morgan fingerprint density at radius 2 is 1.81 bits per heavy atom. The highest BCUT2D eigenvalue weighted by Crippen LogP contribution is 2.42. The van der Waals surface area contributed by atoms with Crippen molar-refractivity contribution in [3.05, 3.63) is 80.1 Å². The fourth-order valence-corrected chi connectivity index (χ4v) is 2.65. The number of rotatable bonds is 5. The van der Waals surface area contributed by atoms with Crippen molar-refractivity contribution < 1.29 is 14.1 Å². The summed E-state index contributed by atoms with van der Waals surface area (Å²) >= 11 is 12.0. The minimum atomic E-state index is -0.644. The van der Waals surface area contributed by atoms with Gasteiger partial charge in [-0.3, -0.25) is 10.1 Å². The van der Waals surface area contributed by atoms with Crippen LogP contribution in [0.15, 0.2) is 42.7 Å². The third-order valence-electron chi connectivity index (χ3n) is 3.57. The molecule has 7 nitrogen and oxygen atoms in total. The fourth-order valence-electron chi connectivity index (χ4n) is 2.30. The minimum absolute atomic E-state index is 0.0779.